The third kappa shape index (κ3) is 2.15. The Morgan fingerprint density at radius 1 is 1.33 bits per heavy atom. The minimum Gasteiger partial charge on any atom is -0.393 e. The van der Waals surface area contributed by atoms with Gasteiger partial charge in [0.05, 0.1) is 17.3 Å². The van der Waals surface area contributed by atoms with Crippen LogP contribution in [-0.2, 0) is 13.5 Å². The van der Waals surface area contributed by atoms with Crippen LogP contribution < -0.4 is 0 Å². The molecule has 0 amide bonds. The van der Waals surface area contributed by atoms with Crippen molar-refractivity contribution in [3.8, 4) is 0 Å². The topological polar surface area (TPSA) is 38.0 Å². The number of hydrogen-bond acceptors (Lipinski definition) is 2. The van der Waals surface area contributed by atoms with E-state index in [4.69, 9.17) is 0 Å². The maximum Gasteiger partial charge on any atom is 0.0706 e. The van der Waals surface area contributed by atoms with Gasteiger partial charge in [0.2, 0.25) is 0 Å². The zero-order valence-corrected chi connectivity index (χ0v) is 10.8. The van der Waals surface area contributed by atoms with Crippen molar-refractivity contribution in [3.63, 3.8) is 0 Å². The molecule has 1 aromatic carbocycles. The van der Waals surface area contributed by atoms with Crippen LogP contribution in [0.15, 0.2) is 24.3 Å². The summed E-state index contributed by atoms with van der Waals surface area (Å²) in [6.45, 7) is 0. The lowest BCUT2D eigenvalue weighted by Gasteiger charge is -2.25. The van der Waals surface area contributed by atoms with E-state index in [0.29, 0.717) is 5.92 Å². The number of para-hydroxylation sites is 1. The number of hydrogen-bond donors (Lipinski definition) is 1. The molecule has 0 radical (unpaired) electrons. The number of aromatic nitrogens is 2. The standard InChI is InChI=1S/C15H20N2O/c1-17-15-8-3-2-7-13(15)14(16-17)10-11-5-4-6-12(18)9-11/h2-3,7-8,11-12,18H,4-6,9-10H2,1H3. The first-order valence-electron chi connectivity index (χ1n) is 6.82. The van der Waals surface area contributed by atoms with Gasteiger partial charge in [-0.25, -0.2) is 0 Å². The molecule has 0 spiro atoms. The highest BCUT2D eigenvalue weighted by atomic mass is 16.3. The number of aryl methyl sites for hydroxylation is 1. The van der Waals surface area contributed by atoms with E-state index >= 15 is 0 Å². The first-order chi connectivity index (χ1) is 8.74. The average Bonchev–Trinajstić information content (AvgIpc) is 2.67. The van der Waals surface area contributed by atoms with Crippen molar-refractivity contribution in [1.82, 2.24) is 9.78 Å². The molecule has 3 nitrogen and oxygen atoms in total. The minimum atomic E-state index is -0.0984. The fourth-order valence-corrected chi connectivity index (χ4v) is 3.16. The lowest BCUT2D eigenvalue weighted by Crippen LogP contribution is -2.21. The molecule has 2 atom stereocenters. The Morgan fingerprint density at radius 3 is 3.00 bits per heavy atom. The van der Waals surface area contributed by atoms with Gasteiger partial charge in [-0.2, -0.15) is 5.10 Å². The number of aliphatic hydroxyl groups excluding tert-OH is 1. The first-order valence-corrected chi connectivity index (χ1v) is 6.82. The normalized spacial score (nSPS) is 24.6. The summed E-state index contributed by atoms with van der Waals surface area (Å²) in [6, 6.07) is 8.39. The molecule has 1 heterocycles. The van der Waals surface area contributed by atoms with Crippen LogP contribution in [0.2, 0.25) is 0 Å². The zero-order valence-electron chi connectivity index (χ0n) is 10.8. The largest absolute Gasteiger partial charge is 0.393 e. The molecule has 2 aromatic rings. The predicted molar refractivity (Wildman–Crippen MR) is 72.4 cm³/mol. The van der Waals surface area contributed by atoms with Gasteiger partial charge in [-0.1, -0.05) is 24.6 Å². The quantitative estimate of drug-likeness (QED) is 0.882. The maximum absolute atomic E-state index is 9.75. The van der Waals surface area contributed by atoms with Crippen molar-refractivity contribution in [2.24, 2.45) is 13.0 Å². The number of fused-ring (bicyclic) bond motifs is 1. The molecule has 0 bridgehead atoms. The van der Waals surface area contributed by atoms with E-state index in [-0.39, 0.29) is 6.10 Å². The summed E-state index contributed by atoms with van der Waals surface area (Å²) in [6.07, 6.45) is 5.18. The highest BCUT2D eigenvalue weighted by Gasteiger charge is 2.22. The smallest absolute Gasteiger partial charge is 0.0706 e. The van der Waals surface area contributed by atoms with Gasteiger partial charge in [-0.3, -0.25) is 4.68 Å². The summed E-state index contributed by atoms with van der Waals surface area (Å²) < 4.78 is 1.96. The zero-order chi connectivity index (χ0) is 12.5. The average molecular weight is 244 g/mol. The molecule has 1 aliphatic rings. The third-order valence-electron chi connectivity index (χ3n) is 4.07. The lowest BCUT2D eigenvalue weighted by atomic mass is 9.84. The lowest BCUT2D eigenvalue weighted by molar-refractivity contribution is 0.101. The van der Waals surface area contributed by atoms with Gasteiger partial charge in [-0.05, 0) is 37.7 Å². The van der Waals surface area contributed by atoms with E-state index in [1.54, 1.807) is 0 Å². The number of benzene rings is 1. The van der Waals surface area contributed by atoms with Crippen molar-refractivity contribution in [2.45, 2.75) is 38.2 Å². The third-order valence-corrected chi connectivity index (χ3v) is 4.07. The van der Waals surface area contributed by atoms with Crippen LogP contribution in [0.3, 0.4) is 0 Å². The molecule has 1 aliphatic carbocycles. The monoisotopic (exact) mass is 244 g/mol. The van der Waals surface area contributed by atoms with E-state index in [2.05, 4.69) is 29.4 Å². The summed E-state index contributed by atoms with van der Waals surface area (Å²) >= 11 is 0. The predicted octanol–water partition coefficient (Wildman–Crippen LogP) is 2.67. The number of rotatable bonds is 2. The molecule has 3 heteroatoms. The molecule has 0 aliphatic heterocycles. The van der Waals surface area contributed by atoms with Crippen LogP contribution in [0.1, 0.15) is 31.4 Å². The van der Waals surface area contributed by atoms with Gasteiger partial charge >= 0.3 is 0 Å². The highest BCUT2D eigenvalue weighted by molar-refractivity contribution is 5.81. The van der Waals surface area contributed by atoms with Crippen molar-refractivity contribution in [1.29, 1.82) is 0 Å². The van der Waals surface area contributed by atoms with Gasteiger partial charge in [-0.15, -0.1) is 0 Å². The second-order valence-electron chi connectivity index (χ2n) is 5.48. The van der Waals surface area contributed by atoms with E-state index in [1.807, 2.05) is 11.7 Å². The Hall–Kier alpha value is -1.35. The molecule has 96 valence electrons. The van der Waals surface area contributed by atoms with E-state index in [1.165, 1.54) is 23.0 Å². The molecule has 1 aromatic heterocycles. The van der Waals surface area contributed by atoms with Crippen molar-refractivity contribution >= 4 is 10.9 Å². The molecule has 2 unspecified atom stereocenters. The Bertz CT molecular complexity index is 546. The molecule has 1 saturated carbocycles. The molecule has 0 saturated heterocycles. The Labute approximate surface area is 107 Å². The van der Waals surface area contributed by atoms with Crippen LogP contribution in [0, 0.1) is 5.92 Å². The van der Waals surface area contributed by atoms with Gasteiger partial charge in [0.1, 0.15) is 0 Å². The molecule has 18 heavy (non-hydrogen) atoms. The van der Waals surface area contributed by atoms with Crippen LogP contribution >= 0.6 is 0 Å². The van der Waals surface area contributed by atoms with Gasteiger partial charge in [0.15, 0.2) is 0 Å². The van der Waals surface area contributed by atoms with Gasteiger partial charge < -0.3 is 5.11 Å². The summed E-state index contributed by atoms with van der Waals surface area (Å²) in [5, 5.41) is 15.7. The van der Waals surface area contributed by atoms with E-state index in [9.17, 15) is 5.11 Å². The second-order valence-corrected chi connectivity index (χ2v) is 5.48. The van der Waals surface area contributed by atoms with E-state index in [0.717, 1.165) is 25.7 Å². The fraction of sp³-hybridized carbons (Fsp3) is 0.533. The van der Waals surface area contributed by atoms with Gasteiger partial charge in [0, 0.05) is 12.4 Å². The molecule has 1 fully saturated rings. The maximum atomic E-state index is 9.75. The second kappa shape index (κ2) is 4.73. The number of aliphatic hydroxyl groups is 1. The molecular formula is C15H20N2O. The Kier molecular flexibility index (Phi) is 3.08. The van der Waals surface area contributed by atoms with Crippen LogP contribution in [0.5, 0.6) is 0 Å². The van der Waals surface area contributed by atoms with Crippen molar-refractivity contribution in [3.05, 3.63) is 30.0 Å². The summed E-state index contributed by atoms with van der Waals surface area (Å²) in [4.78, 5) is 0. The van der Waals surface area contributed by atoms with Crippen LogP contribution in [-0.4, -0.2) is 21.0 Å². The highest BCUT2D eigenvalue weighted by Crippen LogP contribution is 2.29. The van der Waals surface area contributed by atoms with Crippen molar-refractivity contribution in [2.75, 3.05) is 0 Å². The van der Waals surface area contributed by atoms with Crippen molar-refractivity contribution < 1.29 is 5.11 Å². The van der Waals surface area contributed by atoms with E-state index < -0.39 is 0 Å². The summed E-state index contributed by atoms with van der Waals surface area (Å²) in [5.74, 6) is 0.590. The fourth-order valence-electron chi connectivity index (χ4n) is 3.16. The minimum absolute atomic E-state index is 0.0984. The molecular weight excluding hydrogens is 224 g/mol. The Balaban J connectivity index is 1.86. The summed E-state index contributed by atoms with van der Waals surface area (Å²) in [5.41, 5.74) is 2.39. The van der Waals surface area contributed by atoms with Crippen LogP contribution in [0.25, 0.3) is 10.9 Å². The SMILES string of the molecule is Cn1nc(CC2CCCC(O)C2)c2ccccc21. The molecule has 1 N–H and O–H groups in total. The summed E-state index contributed by atoms with van der Waals surface area (Å²) in [7, 11) is 2.00. The van der Waals surface area contributed by atoms with Crippen LogP contribution in [0.4, 0.5) is 0 Å². The van der Waals surface area contributed by atoms with Gasteiger partial charge in [0.25, 0.3) is 0 Å². The molecule has 3 rings (SSSR count). The Morgan fingerprint density at radius 2 is 2.17 bits per heavy atom. The number of nitrogens with zero attached hydrogens (tertiary/aromatic N) is 2. The first kappa shape index (κ1) is 11.7.